The zero-order valence-corrected chi connectivity index (χ0v) is 19.9. The van der Waals surface area contributed by atoms with Gasteiger partial charge in [0.1, 0.15) is 17.2 Å². The molecule has 1 unspecified atom stereocenters. The zero-order valence-electron chi connectivity index (χ0n) is 19.9. The van der Waals surface area contributed by atoms with Crippen LogP contribution in [0, 0.1) is 5.92 Å². The maximum Gasteiger partial charge on any atom is 0.273 e. The first kappa shape index (κ1) is 22.9. The van der Waals surface area contributed by atoms with Gasteiger partial charge in [-0.05, 0) is 54.3 Å². The second-order valence-electron chi connectivity index (χ2n) is 8.97. The minimum absolute atomic E-state index is 0.00384. The van der Waals surface area contributed by atoms with Crippen molar-refractivity contribution in [2.24, 2.45) is 5.92 Å². The minimum Gasteiger partial charge on any atom is -0.497 e. The van der Waals surface area contributed by atoms with Crippen LogP contribution < -0.4 is 9.47 Å². The van der Waals surface area contributed by atoms with Gasteiger partial charge in [-0.1, -0.05) is 45.7 Å². The van der Waals surface area contributed by atoms with Crippen LogP contribution in [-0.2, 0) is 0 Å². The van der Waals surface area contributed by atoms with Gasteiger partial charge in [-0.2, -0.15) is 5.10 Å². The Labute approximate surface area is 195 Å². The highest BCUT2D eigenvalue weighted by Crippen LogP contribution is 2.43. The van der Waals surface area contributed by atoms with Gasteiger partial charge >= 0.3 is 0 Å². The second kappa shape index (κ2) is 10.1. The number of aromatic amines is 1. The smallest absolute Gasteiger partial charge is 0.273 e. The van der Waals surface area contributed by atoms with Gasteiger partial charge in [0.15, 0.2) is 0 Å². The van der Waals surface area contributed by atoms with Crippen molar-refractivity contribution in [2.45, 2.75) is 46.1 Å². The Hall–Kier alpha value is -3.28. The highest BCUT2D eigenvalue weighted by atomic mass is 16.5. The van der Waals surface area contributed by atoms with E-state index < -0.39 is 0 Å². The Bertz CT molecular complexity index is 1070. The lowest BCUT2D eigenvalue weighted by atomic mass is 9.95. The van der Waals surface area contributed by atoms with Crippen LogP contribution >= 0.6 is 0 Å². The van der Waals surface area contributed by atoms with Gasteiger partial charge in [-0.15, -0.1) is 0 Å². The SMILES string of the molecule is CCCCCOc1ccc(C2c3c(-c4ccc(OC)cc4)n[nH]c3C(=O)N2CC(C)C)cc1. The molecule has 0 radical (unpaired) electrons. The number of aromatic nitrogens is 2. The Kier molecular flexibility index (Phi) is 7.02. The first-order valence-electron chi connectivity index (χ1n) is 11.8. The van der Waals surface area contributed by atoms with Crippen molar-refractivity contribution in [3.63, 3.8) is 0 Å². The molecule has 1 aliphatic rings. The summed E-state index contributed by atoms with van der Waals surface area (Å²) in [5.41, 5.74) is 4.32. The molecule has 2 aromatic carbocycles. The van der Waals surface area contributed by atoms with Crippen molar-refractivity contribution >= 4 is 5.91 Å². The van der Waals surface area contributed by atoms with E-state index >= 15 is 0 Å². The summed E-state index contributed by atoms with van der Waals surface area (Å²) in [6, 6.07) is 15.7. The number of amides is 1. The van der Waals surface area contributed by atoms with Crippen molar-refractivity contribution in [1.82, 2.24) is 15.1 Å². The Morgan fingerprint density at radius 2 is 1.73 bits per heavy atom. The van der Waals surface area contributed by atoms with Crippen LogP contribution in [0.2, 0.25) is 0 Å². The van der Waals surface area contributed by atoms with E-state index in [-0.39, 0.29) is 11.9 Å². The summed E-state index contributed by atoms with van der Waals surface area (Å²) in [5, 5.41) is 7.56. The van der Waals surface area contributed by atoms with E-state index in [9.17, 15) is 4.79 Å². The van der Waals surface area contributed by atoms with Gasteiger partial charge in [0.25, 0.3) is 5.91 Å². The number of H-pyrrole nitrogens is 1. The molecule has 1 amide bonds. The fourth-order valence-corrected chi connectivity index (χ4v) is 4.38. The first-order valence-corrected chi connectivity index (χ1v) is 11.8. The number of benzene rings is 2. The molecule has 1 N–H and O–H groups in total. The van der Waals surface area contributed by atoms with Crippen LogP contribution in [0.4, 0.5) is 0 Å². The number of rotatable bonds is 10. The van der Waals surface area contributed by atoms with E-state index in [0.717, 1.165) is 46.9 Å². The van der Waals surface area contributed by atoms with Crippen LogP contribution in [0.1, 0.15) is 67.7 Å². The number of ether oxygens (including phenoxy) is 2. The molecule has 174 valence electrons. The molecule has 0 aliphatic carbocycles. The summed E-state index contributed by atoms with van der Waals surface area (Å²) in [6.07, 6.45) is 3.40. The monoisotopic (exact) mass is 447 g/mol. The van der Waals surface area contributed by atoms with Crippen LogP contribution in [-0.4, -0.2) is 41.3 Å². The van der Waals surface area contributed by atoms with Crippen molar-refractivity contribution < 1.29 is 14.3 Å². The second-order valence-corrected chi connectivity index (χ2v) is 8.97. The van der Waals surface area contributed by atoms with Crippen molar-refractivity contribution in [3.8, 4) is 22.8 Å². The lowest BCUT2D eigenvalue weighted by molar-refractivity contribution is 0.0722. The molecular formula is C27H33N3O3. The fraction of sp³-hybridized carbons (Fsp3) is 0.407. The maximum absolute atomic E-state index is 13.3. The third-order valence-electron chi connectivity index (χ3n) is 6.00. The summed E-state index contributed by atoms with van der Waals surface area (Å²) >= 11 is 0. The predicted octanol–water partition coefficient (Wildman–Crippen LogP) is 5.86. The fourth-order valence-electron chi connectivity index (χ4n) is 4.38. The average molecular weight is 448 g/mol. The van der Waals surface area contributed by atoms with Crippen LogP contribution in [0.3, 0.4) is 0 Å². The van der Waals surface area contributed by atoms with Gasteiger partial charge in [0.2, 0.25) is 0 Å². The van der Waals surface area contributed by atoms with Gasteiger partial charge in [-0.25, -0.2) is 0 Å². The van der Waals surface area contributed by atoms with E-state index in [2.05, 4.69) is 43.1 Å². The van der Waals surface area contributed by atoms with Crippen LogP contribution in [0.25, 0.3) is 11.3 Å². The van der Waals surface area contributed by atoms with E-state index in [1.165, 1.54) is 12.8 Å². The maximum atomic E-state index is 13.3. The zero-order chi connectivity index (χ0) is 23.4. The third-order valence-corrected chi connectivity index (χ3v) is 6.00. The highest BCUT2D eigenvalue weighted by molar-refractivity contribution is 6.00. The summed E-state index contributed by atoms with van der Waals surface area (Å²) in [5.74, 6) is 1.99. The predicted molar refractivity (Wildman–Crippen MR) is 130 cm³/mol. The normalized spacial score (nSPS) is 15.2. The molecule has 0 saturated heterocycles. The van der Waals surface area contributed by atoms with E-state index in [1.54, 1.807) is 7.11 Å². The number of nitrogens with one attached hydrogen (secondary N) is 1. The Morgan fingerprint density at radius 3 is 2.36 bits per heavy atom. The molecule has 4 rings (SSSR count). The first-order chi connectivity index (χ1) is 16.0. The molecule has 0 fully saturated rings. The summed E-state index contributed by atoms with van der Waals surface area (Å²) in [7, 11) is 1.65. The van der Waals surface area contributed by atoms with Crippen molar-refractivity contribution in [2.75, 3.05) is 20.3 Å². The van der Waals surface area contributed by atoms with E-state index in [4.69, 9.17) is 9.47 Å². The number of methoxy groups -OCH3 is 1. The van der Waals surface area contributed by atoms with Gasteiger partial charge in [0, 0.05) is 17.7 Å². The molecule has 1 aliphatic heterocycles. The standard InChI is InChI=1S/C27H33N3O3/c1-5-6-7-16-33-22-14-10-20(11-15-22)26-23-24(19-8-12-21(32-4)13-9-19)28-29-25(23)27(31)30(26)17-18(2)3/h8-15,18,26H,5-7,16-17H2,1-4H3,(H,28,29). The highest BCUT2D eigenvalue weighted by Gasteiger charge is 2.42. The van der Waals surface area contributed by atoms with E-state index in [1.807, 2.05) is 41.3 Å². The Balaban J connectivity index is 1.68. The molecule has 0 bridgehead atoms. The molecule has 6 nitrogen and oxygen atoms in total. The van der Waals surface area contributed by atoms with Gasteiger partial charge < -0.3 is 14.4 Å². The molecule has 33 heavy (non-hydrogen) atoms. The number of hydrogen-bond donors (Lipinski definition) is 1. The molecule has 6 heteroatoms. The van der Waals surface area contributed by atoms with Crippen LogP contribution in [0.15, 0.2) is 48.5 Å². The van der Waals surface area contributed by atoms with Crippen molar-refractivity contribution in [3.05, 3.63) is 65.4 Å². The van der Waals surface area contributed by atoms with Crippen LogP contribution in [0.5, 0.6) is 11.5 Å². The number of carbonyl (C=O) groups excluding carboxylic acids is 1. The topological polar surface area (TPSA) is 67.5 Å². The molecule has 2 heterocycles. The quantitative estimate of drug-likeness (QED) is 0.396. The summed E-state index contributed by atoms with van der Waals surface area (Å²) in [4.78, 5) is 15.3. The number of fused-ring (bicyclic) bond motifs is 1. The molecular weight excluding hydrogens is 414 g/mol. The van der Waals surface area contributed by atoms with Gasteiger partial charge in [-0.3, -0.25) is 9.89 Å². The molecule has 0 saturated carbocycles. The van der Waals surface area contributed by atoms with E-state index in [0.29, 0.717) is 18.2 Å². The number of carbonyl (C=O) groups is 1. The minimum atomic E-state index is -0.195. The Morgan fingerprint density at radius 1 is 1.03 bits per heavy atom. The molecule has 1 aromatic heterocycles. The lowest BCUT2D eigenvalue weighted by Crippen LogP contribution is -2.32. The summed E-state index contributed by atoms with van der Waals surface area (Å²) in [6.45, 7) is 7.84. The summed E-state index contributed by atoms with van der Waals surface area (Å²) < 4.78 is 11.2. The molecule has 3 aromatic rings. The third kappa shape index (κ3) is 4.75. The molecule has 1 atom stereocenters. The largest absolute Gasteiger partial charge is 0.497 e. The number of nitrogens with zero attached hydrogens (tertiary/aromatic N) is 2. The van der Waals surface area contributed by atoms with Crippen molar-refractivity contribution in [1.29, 1.82) is 0 Å². The number of unbranched alkanes of at least 4 members (excludes halogenated alkanes) is 2. The lowest BCUT2D eigenvalue weighted by Gasteiger charge is -2.28. The number of hydrogen-bond acceptors (Lipinski definition) is 4. The molecule has 0 spiro atoms. The average Bonchev–Trinajstić information content (AvgIpc) is 3.36. The van der Waals surface area contributed by atoms with Gasteiger partial charge in [0.05, 0.1) is 25.5 Å².